The van der Waals surface area contributed by atoms with Crippen molar-refractivity contribution in [3.63, 3.8) is 0 Å². The number of hydrogen-bond acceptors (Lipinski definition) is 2. The van der Waals surface area contributed by atoms with Crippen molar-refractivity contribution < 1.29 is 0 Å². The fourth-order valence-corrected chi connectivity index (χ4v) is 2.74. The van der Waals surface area contributed by atoms with E-state index in [1.807, 2.05) is 0 Å². The Morgan fingerprint density at radius 1 is 1.25 bits per heavy atom. The first-order valence-corrected chi connectivity index (χ1v) is 6.85. The van der Waals surface area contributed by atoms with Crippen molar-refractivity contribution >= 4 is 24.8 Å². The molecule has 20 heavy (non-hydrogen) atoms. The van der Waals surface area contributed by atoms with Gasteiger partial charge in [0.1, 0.15) is 0 Å². The fraction of sp³-hybridized carbons (Fsp3) is 0.500. The van der Waals surface area contributed by atoms with Crippen LogP contribution in [0.2, 0.25) is 0 Å². The number of benzene rings is 1. The molecule has 1 heterocycles. The van der Waals surface area contributed by atoms with Gasteiger partial charge < -0.3 is 5.32 Å². The molecule has 2 nitrogen and oxygen atoms in total. The molecule has 0 aromatic heterocycles. The number of piperazine rings is 1. The van der Waals surface area contributed by atoms with Crippen molar-refractivity contribution in [2.24, 2.45) is 0 Å². The standard InChI is InChI=1S/C16H24N2.2ClH/c1-4-5-16(18-10-8-17-9-11-18)15-12-13(2)6-7-14(15)3;;/h4,6-7,12,16-17H,1,5,8-11H2,2-3H3;2*1H/t16-;;/m0../s1. The first kappa shape index (κ1) is 19.5. The highest BCUT2D eigenvalue weighted by Crippen LogP contribution is 2.28. The second-order valence-electron chi connectivity index (χ2n) is 5.19. The van der Waals surface area contributed by atoms with Gasteiger partial charge in [0.05, 0.1) is 0 Å². The SMILES string of the molecule is C=CC[C@@H](c1cc(C)ccc1C)N1CCNCC1.Cl.Cl. The largest absolute Gasteiger partial charge is 0.314 e. The van der Waals surface area contributed by atoms with E-state index in [9.17, 15) is 0 Å². The molecule has 0 unspecified atom stereocenters. The Morgan fingerprint density at radius 3 is 2.50 bits per heavy atom. The van der Waals surface area contributed by atoms with Crippen LogP contribution in [-0.2, 0) is 0 Å². The first-order valence-electron chi connectivity index (χ1n) is 6.85. The van der Waals surface area contributed by atoms with E-state index >= 15 is 0 Å². The van der Waals surface area contributed by atoms with Crippen LogP contribution in [0.25, 0.3) is 0 Å². The van der Waals surface area contributed by atoms with Crippen LogP contribution < -0.4 is 5.32 Å². The summed E-state index contributed by atoms with van der Waals surface area (Å²) in [7, 11) is 0. The maximum atomic E-state index is 3.93. The van der Waals surface area contributed by atoms with E-state index in [1.54, 1.807) is 0 Å². The summed E-state index contributed by atoms with van der Waals surface area (Å²) in [6.45, 7) is 12.8. The second-order valence-corrected chi connectivity index (χ2v) is 5.19. The summed E-state index contributed by atoms with van der Waals surface area (Å²) < 4.78 is 0. The summed E-state index contributed by atoms with van der Waals surface area (Å²) in [4.78, 5) is 2.58. The van der Waals surface area contributed by atoms with Crippen molar-refractivity contribution in [3.8, 4) is 0 Å². The minimum absolute atomic E-state index is 0. The van der Waals surface area contributed by atoms with Gasteiger partial charge in [-0.05, 0) is 31.4 Å². The Bertz CT molecular complexity index is 415. The number of rotatable bonds is 4. The van der Waals surface area contributed by atoms with Gasteiger partial charge in [0.25, 0.3) is 0 Å². The van der Waals surface area contributed by atoms with Gasteiger partial charge in [0, 0.05) is 32.2 Å². The van der Waals surface area contributed by atoms with Crippen molar-refractivity contribution in [3.05, 3.63) is 47.5 Å². The van der Waals surface area contributed by atoms with E-state index in [2.05, 4.69) is 54.9 Å². The Kier molecular flexibility index (Phi) is 9.15. The number of halogens is 2. The predicted octanol–water partition coefficient (Wildman–Crippen LogP) is 3.67. The lowest BCUT2D eigenvalue weighted by atomic mass is 9.95. The molecule has 0 saturated carbocycles. The van der Waals surface area contributed by atoms with E-state index in [-0.39, 0.29) is 24.8 Å². The maximum Gasteiger partial charge on any atom is 0.0386 e. The molecule has 0 bridgehead atoms. The van der Waals surface area contributed by atoms with Gasteiger partial charge in [-0.1, -0.05) is 29.8 Å². The van der Waals surface area contributed by atoms with Crippen LogP contribution in [0.15, 0.2) is 30.9 Å². The third-order valence-electron chi connectivity index (χ3n) is 3.78. The molecular weight excluding hydrogens is 291 g/mol. The van der Waals surface area contributed by atoms with Crippen molar-refractivity contribution in [1.82, 2.24) is 10.2 Å². The zero-order valence-electron chi connectivity index (χ0n) is 12.4. The number of hydrogen-bond donors (Lipinski definition) is 1. The normalized spacial score (nSPS) is 16.7. The fourth-order valence-electron chi connectivity index (χ4n) is 2.74. The summed E-state index contributed by atoms with van der Waals surface area (Å²) in [6, 6.07) is 7.26. The van der Waals surface area contributed by atoms with Crippen LogP contribution in [0.3, 0.4) is 0 Å². The lowest BCUT2D eigenvalue weighted by Gasteiger charge is -2.35. The lowest BCUT2D eigenvalue weighted by Crippen LogP contribution is -2.45. The summed E-state index contributed by atoms with van der Waals surface area (Å²) in [5, 5.41) is 3.42. The third-order valence-corrected chi connectivity index (χ3v) is 3.78. The van der Waals surface area contributed by atoms with E-state index in [4.69, 9.17) is 0 Å². The van der Waals surface area contributed by atoms with Crippen LogP contribution in [0.5, 0.6) is 0 Å². The third kappa shape index (κ3) is 4.78. The molecule has 4 heteroatoms. The Balaban J connectivity index is 0.00000180. The number of aryl methyl sites for hydroxylation is 2. The molecule has 2 rings (SSSR count). The van der Waals surface area contributed by atoms with Crippen molar-refractivity contribution in [2.45, 2.75) is 26.3 Å². The minimum atomic E-state index is 0. The molecule has 1 aromatic rings. The first-order chi connectivity index (χ1) is 8.72. The quantitative estimate of drug-likeness (QED) is 0.853. The summed E-state index contributed by atoms with van der Waals surface area (Å²) in [5.74, 6) is 0. The molecule has 0 aliphatic carbocycles. The molecule has 1 saturated heterocycles. The van der Waals surface area contributed by atoms with E-state index in [0.29, 0.717) is 6.04 Å². The van der Waals surface area contributed by atoms with Gasteiger partial charge in [0.15, 0.2) is 0 Å². The molecule has 0 radical (unpaired) electrons. The van der Waals surface area contributed by atoms with Crippen molar-refractivity contribution in [1.29, 1.82) is 0 Å². The lowest BCUT2D eigenvalue weighted by molar-refractivity contribution is 0.174. The summed E-state index contributed by atoms with van der Waals surface area (Å²) in [5.41, 5.74) is 4.21. The van der Waals surface area contributed by atoms with E-state index in [1.165, 1.54) is 16.7 Å². The summed E-state index contributed by atoms with van der Waals surface area (Å²) >= 11 is 0. The zero-order chi connectivity index (χ0) is 13.0. The molecule has 1 fully saturated rings. The van der Waals surface area contributed by atoms with Gasteiger partial charge in [-0.25, -0.2) is 0 Å². The Labute approximate surface area is 135 Å². The van der Waals surface area contributed by atoms with Crippen LogP contribution in [0, 0.1) is 13.8 Å². The van der Waals surface area contributed by atoms with Crippen molar-refractivity contribution in [2.75, 3.05) is 26.2 Å². The summed E-state index contributed by atoms with van der Waals surface area (Å²) in [6.07, 6.45) is 3.08. The monoisotopic (exact) mass is 316 g/mol. The van der Waals surface area contributed by atoms with Gasteiger partial charge in [-0.2, -0.15) is 0 Å². The molecule has 1 aliphatic heterocycles. The van der Waals surface area contributed by atoms with Crippen LogP contribution in [0.1, 0.15) is 29.2 Å². The topological polar surface area (TPSA) is 15.3 Å². The van der Waals surface area contributed by atoms with Gasteiger partial charge in [-0.3, -0.25) is 4.90 Å². The number of nitrogens with zero attached hydrogens (tertiary/aromatic N) is 1. The Morgan fingerprint density at radius 2 is 1.90 bits per heavy atom. The average molecular weight is 317 g/mol. The molecule has 0 amide bonds. The Hall–Kier alpha value is -0.540. The molecule has 0 spiro atoms. The molecule has 114 valence electrons. The zero-order valence-corrected chi connectivity index (χ0v) is 14.0. The molecule has 1 atom stereocenters. The predicted molar refractivity (Wildman–Crippen MR) is 92.4 cm³/mol. The number of nitrogens with one attached hydrogen (secondary N) is 1. The van der Waals surface area contributed by atoms with E-state index in [0.717, 1.165) is 32.6 Å². The van der Waals surface area contributed by atoms with Gasteiger partial charge >= 0.3 is 0 Å². The average Bonchev–Trinajstić information content (AvgIpc) is 2.40. The van der Waals surface area contributed by atoms with Crippen LogP contribution >= 0.6 is 24.8 Å². The highest BCUT2D eigenvalue weighted by molar-refractivity contribution is 5.85. The van der Waals surface area contributed by atoms with Gasteiger partial charge in [0.2, 0.25) is 0 Å². The van der Waals surface area contributed by atoms with E-state index < -0.39 is 0 Å². The highest BCUT2D eigenvalue weighted by atomic mass is 35.5. The molecular formula is C16H26Cl2N2. The molecule has 1 N–H and O–H groups in total. The molecule has 1 aliphatic rings. The maximum absolute atomic E-state index is 3.93. The van der Waals surface area contributed by atoms with Gasteiger partial charge in [-0.15, -0.1) is 31.4 Å². The minimum Gasteiger partial charge on any atom is -0.314 e. The second kappa shape index (κ2) is 9.41. The molecule has 1 aromatic carbocycles. The van der Waals surface area contributed by atoms with Crippen LogP contribution in [-0.4, -0.2) is 31.1 Å². The highest BCUT2D eigenvalue weighted by Gasteiger charge is 2.22. The van der Waals surface area contributed by atoms with Crippen LogP contribution in [0.4, 0.5) is 0 Å². The smallest absolute Gasteiger partial charge is 0.0386 e.